The minimum absolute atomic E-state index is 0.800. The molecule has 1 rings (SSSR count). The summed E-state index contributed by atoms with van der Waals surface area (Å²) in [7, 11) is -1.94. The molecule has 0 amide bonds. The number of aryl methyl sites for hydroxylation is 1. The zero-order valence-electron chi connectivity index (χ0n) is 10.2. The van der Waals surface area contributed by atoms with E-state index in [1.807, 2.05) is 12.5 Å². The van der Waals surface area contributed by atoms with Gasteiger partial charge in [0, 0.05) is 25.5 Å². The minimum atomic E-state index is -1.94. The first-order valence-corrected chi connectivity index (χ1v) is 9.32. The molecule has 0 radical (unpaired) electrons. The van der Waals surface area contributed by atoms with Gasteiger partial charge in [-0.3, -0.25) is 0 Å². The largest absolute Gasteiger partial charge is 0.403 e. The fraction of sp³-hybridized carbons (Fsp3) is 0.727. The van der Waals surface area contributed by atoms with E-state index in [-0.39, 0.29) is 0 Å². The molecule has 0 N–H and O–H groups in total. The monoisotopic (exact) mass is 260 g/mol. The summed E-state index contributed by atoms with van der Waals surface area (Å²) in [6.45, 7) is 6.03. The third-order valence-electron chi connectivity index (χ3n) is 2.62. The van der Waals surface area contributed by atoms with Crippen molar-refractivity contribution < 1.29 is 4.43 Å². The van der Waals surface area contributed by atoms with Gasteiger partial charge < -0.3 is 8.99 Å². The lowest BCUT2D eigenvalue weighted by atomic mass is 10.5. The van der Waals surface area contributed by atoms with E-state index in [9.17, 15) is 0 Å². The highest BCUT2D eigenvalue weighted by Crippen LogP contribution is 2.24. The number of hydrogen-bond acceptors (Lipinski definition) is 2. The molecule has 0 spiro atoms. The summed E-state index contributed by atoms with van der Waals surface area (Å²) >= 11 is 6.53. The average molecular weight is 261 g/mol. The van der Waals surface area contributed by atoms with Crippen LogP contribution >= 0.6 is 11.1 Å². The van der Waals surface area contributed by atoms with Crippen LogP contribution in [0.5, 0.6) is 0 Å². The molecule has 0 saturated heterocycles. The van der Waals surface area contributed by atoms with Crippen molar-refractivity contribution in [3.05, 3.63) is 18.7 Å². The molecule has 16 heavy (non-hydrogen) atoms. The summed E-state index contributed by atoms with van der Waals surface area (Å²) in [6, 6.07) is 2.00. The van der Waals surface area contributed by atoms with Gasteiger partial charge in [-0.1, -0.05) is 13.8 Å². The maximum absolute atomic E-state index is 6.53. The Balaban J connectivity index is 2.27. The molecule has 5 heteroatoms. The van der Waals surface area contributed by atoms with E-state index in [1.165, 1.54) is 0 Å². The zero-order chi connectivity index (χ0) is 11.9. The van der Waals surface area contributed by atoms with Gasteiger partial charge >= 0.3 is 0 Å². The van der Waals surface area contributed by atoms with Crippen molar-refractivity contribution in [1.82, 2.24) is 9.55 Å². The molecular weight excluding hydrogens is 240 g/mol. The third-order valence-corrected chi connectivity index (χ3v) is 7.19. The first-order valence-electron chi connectivity index (χ1n) is 5.99. The molecule has 0 fully saturated rings. The topological polar surface area (TPSA) is 27.1 Å². The number of aromatic nitrogens is 2. The van der Waals surface area contributed by atoms with Crippen LogP contribution in [0, 0.1) is 0 Å². The Morgan fingerprint density at radius 3 is 2.81 bits per heavy atom. The molecule has 0 saturated carbocycles. The van der Waals surface area contributed by atoms with Crippen LogP contribution in [0.3, 0.4) is 0 Å². The second-order valence-electron chi connectivity index (χ2n) is 3.99. The van der Waals surface area contributed by atoms with Crippen LogP contribution in [-0.2, 0) is 11.0 Å². The normalized spacial score (nSPS) is 14.9. The van der Waals surface area contributed by atoms with Crippen molar-refractivity contribution >= 4 is 18.7 Å². The first kappa shape index (κ1) is 13.7. The molecule has 92 valence electrons. The van der Waals surface area contributed by atoms with Gasteiger partial charge in [-0.05, 0) is 24.9 Å². The highest BCUT2D eigenvalue weighted by atomic mass is 35.6. The van der Waals surface area contributed by atoms with Crippen LogP contribution in [0.2, 0.25) is 12.1 Å². The van der Waals surface area contributed by atoms with Gasteiger partial charge in [-0.15, -0.1) is 11.1 Å². The summed E-state index contributed by atoms with van der Waals surface area (Å²) in [5, 5.41) is 0. The fourth-order valence-corrected chi connectivity index (χ4v) is 4.17. The van der Waals surface area contributed by atoms with E-state index in [2.05, 4.69) is 23.4 Å². The highest BCUT2D eigenvalue weighted by molar-refractivity contribution is 7.16. The second kappa shape index (κ2) is 7.09. The Labute approximate surface area is 104 Å². The van der Waals surface area contributed by atoms with Crippen molar-refractivity contribution in [3.8, 4) is 0 Å². The molecule has 0 aliphatic heterocycles. The van der Waals surface area contributed by atoms with Crippen LogP contribution < -0.4 is 0 Å². The summed E-state index contributed by atoms with van der Waals surface area (Å²) in [5.74, 6) is 0. The number of nitrogens with zero attached hydrogens (tertiary/aromatic N) is 2. The summed E-state index contributed by atoms with van der Waals surface area (Å²) in [6.07, 6.45) is 7.75. The lowest BCUT2D eigenvalue weighted by Gasteiger charge is -2.22. The van der Waals surface area contributed by atoms with Crippen LogP contribution in [0.4, 0.5) is 0 Å². The van der Waals surface area contributed by atoms with E-state index in [0.29, 0.717) is 0 Å². The maximum Gasteiger partial charge on any atom is 0.289 e. The Bertz CT molecular complexity index is 282. The van der Waals surface area contributed by atoms with E-state index in [0.717, 1.165) is 38.1 Å². The zero-order valence-corrected chi connectivity index (χ0v) is 11.9. The Kier molecular flexibility index (Phi) is 6.09. The van der Waals surface area contributed by atoms with Gasteiger partial charge in [-0.2, -0.15) is 0 Å². The predicted octanol–water partition coefficient (Wildman–Crippen LogP) is 3.40. The molecule has 1 aromatic heterocycles. The molecule has 0 aliphatic rings. The van der Waals surface area contributed by atoms with Gasteiger partial charge in [0.2, 0.25) is 0 Å². The lowest BCUT2D eigenvalue weighted by molar-refractivity contribution is 0.310. The summed E-state index contributed by atoms with van der Waals surface area (Å²) in [5.41, 5.74) is 0. The average Bonchev–Trinajstić information content (AvgIpc) is 2.79. The van der Waals surface area contributed by atoms with Crippen LogP contribution in [0.15, 0.2) is 18.7 Å². The molecule has 1 atom stereocenters. The third kappa shape index (κ3) is 4.68. The molecule has 0 bridgehead atoms. The molecule has 3 nitrogen and oxygen atoms in total. The van der Waals surface area contributed by atoms with Crippen molar-refractivity contribution in [1.29, 1.82) is 0 Å². The molecule has 0 aromatic carbocycles. The smallest absolute Gasteiger partial charge is 0.289 e. The predicted molar refractivity (Wildman–Crippen MR) is 70.0 cm³/mol. The second-order valence-corrected chi connectivity index (χ2v) is 9.32. The SMILES string of the molecule is CCCO[Si](Cl)(CC)CCCn1ccnc1. The fourth-order valence-electron chi connectivity index (χ4n) is 1.58. The van der Waals surface area contributed by atoms with Crippen molar-refractivity contribution in [2.75, 3.05) is 6.61 Å². The number of halogens is 1. The lowest BCUT2D eigenvalue weighted by Crippen LogP contribution is -2.31. The quantitative estimate of drug-likeness (QED) is 0.529. The summed E-state index contributed by atoms with van der Waals surface area (Å²) in [4.78, 5) is 4.02. The van der Waals surface area contributed by atoms with Crippen molar-refractivity contribution in [3.63, 3.8) is 0 Å². The number of imidazole rings is 1. The summed E-state index contributed by atoms with van der Waals surface area (Å²) < 4.78 is 7.91. The van der Waals surface area contributed by atoms with Gasteiger partial charge in [0.05, 0.1) is 6.33 Å². The number of rotatable bonds is 8. The molecular formula is C11H21ClN2OSi. The Morgan fingerprint density at radius 1 is 1.44 bits per heavy atom. The van der Waals surface area contributed by atoms with Gasteiger partial charge in [0.25, 0.3) is 7.63 Å². The Hall–Kier alpha value is -0.323. The molecule has 0 aliphatic carbocycles. The molecule has 1 unspecified atom stereocenters. The first-order chi connectivity index (χ1) is 7.70. The standard InChI is InChI=1S/C11H21ClN2OSi/c1-3-9-15-16(12,4-2)10-5-7-14-8-6-13-11-14/h6,8,11H,3-5,7,9-10H2,1-2H3. The van der Waals surface area contributed by atoms with Gasteiger partial charge in [-0.25, -0.2) is 4.98 Å². The van der Waals surface area contributed by atoms with Crippen molar-refractivity contribution in [2.45, 2.75) is 45.3 Å². The molecule has 1 heterocycles. The van der Waals surface area contributed by atoms with Gasteiger partial charge in [0.1, 0.15) is 0 Å². The van der Waals surface area contributed by atoms with Gasteiger partial charge in [0.15, 0.2) is 0 Å². The van der Waals surface area contributed by atoms with Crippen LogP contribution in [-0.4, -0.2) is 23.8 Å². The van der Waals surface area contributed by atoms with Crippen LogP contribution in [0.1, 0.15) is 26.7 Å². The van der Waals surface area contributed by atoms with E-state index < -0.39 is 7.63 Å². The highest BCUT2D eigenvalue weighted by Gasteiger charge is 2.29. The molecule has 1 aromatic rings. The van der Waals surface area contributed by atoms with E-state index in [1.54, 1.807) is 6.20 Å². The minimum Gasteiger partial charge on any atom is -0.403 e. The van der Waals surface area contributed by atoms with E-state index in [4.69, 9.17) is 15.5 Å². The maximum atomic E-state index is 6.53. The number of hydrogen-bond donors (Lipinski definition) is 0. The van der Waals surface area contributed by atoms with E-state index >= 15 is 0 Å². The van der Waals surface area contributed by atoms with Crippen molar-refractivity contribution in [2.24, 2.45) is 0 Å². The Morgan fingerprint density at radius 2 is 2.25 bits per heavy atom. The van der Waals surface area contributed by atoms with Crippen LogP contribution in [0.25, 0.3) is 0 Å².